The number of rotatable bonds is 0. The molecule has 17 heteroatoms. The van der Waals surface area contributed by atoms with E-state index in [9.17, 15) is 0 Å². The number of hydrogen-bond donors (Lipinski definition) is 0. The van der Waals surface area contributed by atoms with E-state index in [1.54, 1.807) is 14.6 Å². The van der Waals surface area contributed by atoms with Gasteiger partial charge in [0.05, 0.1) is 0 Å². The standard InChI is InChI=1S/C3AsN3.9CN.Cd.Cr.Cu.Pb/c5-1-4(2-6)3-7;9*1-2;;;;/q;;;7*-1;+2;+3;+2;. The van der Waals surface area contributed by atoms with Crippen LogP contribution in [0.15, 0.2) is 0 Å². The van der Waals surface area contributed by atoms with Gasteiger partial charge < -0.3 is 82.8 Å². The van der Waals surface area contributed by atoms with Crippen LogP contribution in [0.25, 0.3) is 0 Å². The zero-order valence-corrected chi connectivity index (χ0v) is 25.7. The summed E-state index contributed by atoms with van der Waals surface area (Å²) in [5, 5.41) is 82.8. The minimum atomic E-state index is -2.31. The van der Waals surface area contributed by atoms with Crippen LogP contribution < -0.4 is 0 Å². The molecule has 0 aliphatic carbocycles. The summed E-state index contributed by atoms with van der Waals surface area (Å²) in [5.74, 6) is 0. The number of nitrogens with zero attached hydrogens (tertiary/aromatic N) is 12. The summed E-state index contributed by atoms with van der Waals surface area (Å²) in [6, 6.07) is 0. The molecule has 0 rings (SSSR count). The Labute approximate surface area is 229 Å². The maximum atomic E-state index is 7.90. The molecular formula is C12AsCdCrCuN12Pb. The molecule has 0 aliphatic heterocycles. The summed E-state index contributed by atoms with van der Waals surface area (Å²) in [4.78, 5) is 4.88. The summed E-state index contributed by atoms with van der Waals surface area (Å²) < 4.78 is 3.70. The first-order valence-electron chi connectivity index (χ1n) is 3.85. The summed E-state index contributed by atoms with van der Waals surface area (Å²) in [6.07, 6.45) is 0. The first-order chi connectivity index (χ1) is 12.8. The van der Waals surface area contributed by atoms with Gasteiger partial charge in [-0.25, -0.2) is 0 Å². The van der Waals surface area contributed by atoms with E-state index < -0.39 is 38.9 Å². The van der Waals surface area contributed by atoms with E-state index in [4.69, 9.17) is 109 Å². The topological polar surface area (TPSA) is 285 Å². The Bertz CT molecular complexity index is 506. The van der Waals surface area contributed by atoms with Gasteiger partial charge in [-0.1, -0.05) is 0 Å². The Morgan fingerprint density at radius 3 is 0.621 bits per heavy atom. The van der Waals surface area contributed by atoms with Crippen LogP contribution in [0.2, 0.25) is 0 Å². The van der Waals surface area contributed by atoms with Crippen LogP contribution in [0.3, 0.4) is 0 Å². The fourth-order valence-electron chi connectivity index (χ4n) is 0.0921. The van der Waals surface area contributed by atoms with Crippen molar-refractivity contribution in [2.24, 2.45) is 0 Å². The maximum Gasteiger partial charge on any atom is 3.00 e. The van der Waals surface area contributed by atoms with Gasteiger partial charge in [-0.05, 0) is 0 Å². The van der Waals surface area contributed by atoms with Crippen molar-refractivity contribution < 1.29 is 61.7 Å². The fraction of sp³-hybridized carbons (Fsp3) is 0. The largest absolute Gasteiger partial charge is 3.00 e. The zero-order valence-electron chi connectivity index (χ0n) is 13.7. The molecule has 0 heterocycles. The third-order valence-corrected chi connectivity index (χ3v) is 2.54. The average Bonchev–Trinajstić information content (AvgIpc) is 2.80. The van der Waals surface area contributed by atoms with E-state index in [0.717, 1.165) is 0 Å². The van der Waals surface area contributed by atoms with Gasteiger partial charge in [-0.15, -0.1) is 0 Å². The maximum absolute atomic E-state index is 7.90. The normalized spacial score (nSPS) is 2.69. The van der Waals surface area contributed by atoms with Crippen LogP contribution in [0.4, 0.5) is 0 Å². The molecule has 0 fully saturated rings. The van der Waals surface area contributed by atoms with E-state index in [1.165, 1.54) is 0 Å². The van der Waals surface area contributed by atoms with Gasteiger partial charge in [0.1, 0.15) is 0 Å². The van der Waals surface area contributed by atoms with Crippen molar-refractivity contribution in [2.45, 2.75) is 0 Å². The molecule has 0 aromatic rings. The van der Waals surface area contributed by atoms with Crippen molar-refractivity contribution >= 4 is 38.9 Å². The van der Waals surface area contributed by atoms with Crippen molar-refractivity contribution in [1.29, 1.82) is 63.1 Å². The summed E-state index contributed by atoms with van der Waals surface area (Å²) in [6.45, 7) is 33.2. The van der Waals surface area contributed by atoms with Crippen LogP contribution in [0.5, 0.6) is 0 Å². The van der Waals surface area contributed by atoms with Crippen LogP contribution in [-0.2, 0) is 61.7 Å². The van der Waals surface area contributed by atoms with E-state index in [1.807, 2.05) is 7.26 Å². The van der Waals surface area contributed by atoms with Crippen molar-refractivity contribution in [3.05, 3.63) is 46.0 Å². The average molecular weight is 822 g/mol. The Kier molecular flexibility index (Phi) is 1060. The molecule has 0 saturated carbocycles. The zero-order chi connectivity index (χ0) is 23.8. The Morgan fingerprint density at radius 2 is 0.621 bits per heavy atom. The summed E-state index contributed by atoms with van der Waals surface area (Å²) in [7, 11) is 0. The van der Waals surface area contributed by atoms with E-state index in [0.29, 0.717) is 0 Å². The molecule has 0 amide bonds. The van der Waals surface area contributed by atoms with Crippen LogP contribution in [0.1, 0.15) is 0 Å². The Hall–Kier alpha value is -2.67. The van der Waals surface area contributed by atoms with Crippen LogP contribution in [-0.4, -0.2) is 38.9 Å². The molecular weight excluding hydrogens is 822 g/mol. The smallest absolute Gasteiger partial charge is 0.512 e. The molecule has 29 heavy (non-hydrogen) atoms. The summed E-state index contributed by atoms with van der Waals surface area (Å²) >= 11 is -3.65. The van der Waals surface area contributed by atoms with Crippen molar-refractivity contribution in [1.82, 2.24) is 0 Å². The second-order valence-electron chi connectivity index (χ2n) is 0.984. The van der Waals surface area contributed by atoms with Crippen molar-refractivity contribution in [2.75, 3.05) is 0 Å². The number of hydrogen-bond acceptors (Lipinski definition) is 12. The molecule has 0 aromatic carbocycles. The molecule has 4 radical (unpaired) electrons. The third-order valence-electron chi connectivity index (χ3n) is 0.412. The molecule has 0 aromatic heterocycles. The second kappa shape index (κ2) is 374. The summed E-state index contributed by atoms with van der Waals surface area (Å²) in [5.41, 5.74) is 0. The van der Waals surface area contributed by atoms with E-state index in [-0.39, 0.29) is 61.7 Å². The van der Waals surface area contributed by atoms with Crippen LogP contribution >= 0.6 is 0 Å². The minimum absolute atomic E-state index is 0. The van der Waals surface area contributed by atoms with Gasteiger partial charge in [0, 0.05) is 0 Å². The van der Waals surface area contributed by atoms with Crippen LogP contribution in [0, 0.1) is 131 Å². The monoisotopic (exact) mass is 824 g/mol. The van der Waals surface area contributed by atoms with Crippen molar-refractivity contribution in [3.8, 4) is 21.8 Å². The van der Waals surface area contributed by atoms with Gasteiger partial charge in [-0.3, -0.25) is 0 Å². The third kappa shape index (κ3) is 485. The SMILES string of the molecule is N#C[As](C#N)C#N.N#[C][Pb][C]#N.[C-]#N.[C-]#N.[C-]#N.[C-]#N.[C-]#N.[C-]#N.[C-]#N.[Cd+2].[Cr+3].[Cu+2]. The first-order valence-corrected chi connectivity index (χ1v) is 10.6. The molecule has 0 saturated heterocycles. The quantitative estimate of drug-likeness (QED) is 0.230. The van der Waals surface area contributed by atoms with Gasteiger partial charge >= 0.3 is 149 Å². The van der Waals surface area contributed by atoms with E-state index >= 15 is 0 Å². The Morgan fingerprint density at radius 1 is 0.483 bits per heavy atom. The first kappa shape index (κ1) is 82.3. The van der Waals surface area contributed by atoms with Crippen molar-refractivity contribution in [3.63, 3.8) is 0 Å². The molecule has 0 N–H and O–H groups in total. The molecule has 0 atom stereocenters. The molecule has 0 bridgehead atoms. The fourth-order valence-corrected chi connectivity index (χ4v) is 0.568. The minimum Gasteiger partial charge on any atom is -0.512 e. The molecule has 0 unspecified atom stereocenters. The second-order valence-corrected chi connectivity index (χ2v) is 6.36. The Balaban J connectivity index is -0.0000000119. The predicted octanol–water partition coefficient (Wildman–Crippen LogP) is -0.0106. The molecule has 136 valence electrons. The van der Waals surface area contributed by atoms with E-state index in [2.05, 4.69) is 0 Å². The predicted molar refractivity (Wildman–Crippen MR) is 74.3 cm³/mol. The van der Waals surface area contributed by atoms with Gasteiger partial charge in [0.25, 0.3) is 0 Å². The molecule has 0 aliphatic rings. The number of nitriles is 5. The van der Waals surface area contributed by atoms with Gasteiger partial charge in [0.15, 0.2) is 0 Å². The molecule has 0 spiro atoms. The van der Waals surface area contributed by atoms with Gasteiger partial charge in [0.2, 0.25) is 0 Å². The molecule has 12 nitrogen and oxygen atoms in total. The van der Waals surface area contributed by atoms with Gasteiger partial charge in [-0.2, -0.15) is 0 Å².